The van der Waals surface area contributed by atoms with Gasteiger partial charge in [-0.2, -0.15) is 0 Å². The zero-order chi connectivity index (χ0) is 41.3. The lowest BCUT2D eigenvalue weighted by Crippen LogP contribution is -2.67. The number of rotatable bonds is 10. The Hall–Kier alpha value is -1.56. The van der Waals surface area contributed by atoms with Gasteiger partial charge in [0, 0.05) is 17.8 Å². The Bertz CT molecular complexity index is 1470. The molecule has 3 heterocycles. The first-order valence-electron chi connectivity index (χ1n) is 20.8. The summed E-state index contributed by atoms with van der Waals surface area (Å²) in [5, 5.41) is 74.0. The van der Waals surface area contributed by atoms with Crippen LogP contribution in [-0.2, 0) is 33.3 Å². The second kappa shape index (κ2) is 16.1. The summed E-state index contributed by atoms with van der Waals surface area (Å²) in [7, 11) is 0. The van der Waals surface area contributed by atoms with Gasteiger partial charge >= 0.3 is 5.97 Å². The molecule has 320 valence electrons. The van der Waals surface area contributed by atoms with E-state index in [2.05, 4.69) is 27.7 Å². The number of fused-ring (bicyclic) bond motifs is 4. The van der Waals surface area contributed by atoms with Crippen molar-refractivity contribution in [1.82, 2.24) is 0 Å². The third-order valence-electron chi connectivity index (χ3n) is 15.8. The minimum atomic E-state index is -1.62. The Morgan fingerprint density at radius 2 is 1.52 bits per heavy atom. The molecule has 3 aliphatic carbocycles. The van der Waals surface area contributed by atoms with Gasteiger partial charge in [-0.3, -0.25) is 9.59 Å². The highest BCUT2D eigenvalue weighted by Crippen LogP contribution is 2.74. The van der Waals surface area contributed by atoms with E-state index in [0.717, 1.165) is 37.7 Å². The molecule has 0 aromatic rings. The fourth-order valence-electron chi connectivity index (χ4n) is 12.7. The molecule has 6 aliphatic rings. The molecular formula is C42H68O14. The molecule has 0 radical (unpaired) electrons. The van der Waals surface area contributed by atoms with Crippen LogP contribution in [0.2, 0.25) is 0 Å². The van der Waals surface area contributed by atoms with E-state index in [1.807, 2.05) is 20.8 Å². The topological polar surface area (TPSA) is 222 Å². The highest BCUT2D eigenvalue weighted by molar-refractivity contribution is 5.82. The Morgan fingerprint density at radius 3 is 2.16 bits per heavy atom. The molecule has 3 saturated carbocycles. The zero-order valence-corrected chi connectivity index (χ0v) is 34.4. The summed E-state index contributed by atoms with van der Waals surface area (Å²) >= 11 is 0. The number of aliphatic hydroxyl groups is 7. The summed E-state index contributed by atoms with van der Waals surface area (Å²) in [4.78, 5) is 26.8. The van der Waals surface area contributed by atoms with Crippen LogP contribution in [0, 0.1) is 45.3 Å². The van der Waals surface area contributed by atoms with Crippen molar-refractivity contribution in [3.63, 3.8) is 0 Å². The molecule has 6 fully saturated rings. The fourth-order valence-corrected chi connectivity index (χ4v) is 12.7. The van der Waals surface area contributed by atoms with Crippen LogP contribution in [0.5, 0.6) is 0 Å². The number of hydrogen-bond acceptors (Lipinski definition) is 14. The SMILES string of the molecule is CC(C)=C[C@H](O)CC(=O)[C@H](C)[C@H]1CC[C@@H]2[C@@]3(C)CC[C@H](O[C@H]4O[C@@H](CO[C@H]5O[C@@H](C)[C@H](O)[C@@H](O)[C@@H]5O)[C@H](O)[C@@H](O)[C@@H]4O)C(C)(C)[C@@H]3CC[C@@]2(C)[C@@]12COC(=O)C2. The van der Waals surface area contributed by atoms with Gasteiger partial charge < -0.3 is 59.4 Å². The molecule has 0 bridgehead atoms. The minimum Gasteiger partial charge on any atom is -0.465 e. The molecule has 0 aromatic carbocycles. The van der Waals surface area contributed by atoms with Crippen LogP contribution in [0.15, 0.2) is 11.6 Å². The van der Waals surface area contributed by atoms with Crippen molar-refractivity contribution in [2.24, 2.45) is 45.3 Å². The first-order valence-corrected chi connectivity index (χ1v) is 20.8. The molecule has 1 spiro atoms. The summed E-state index contributed by atoms with van der Waals surface area (Å²) in [6.45, 7) is 16.2. The average molecular weight is 797 g/mol. The lowest BCUT2D eigenvalue weighted by Gasteiger charge is -2.70. The Balaban J connectivity index is 1.17. The van der Waals surface area contributed by atoms with Crippen LogP contribution in [-0.4, -0.2) is 134 Å². The monoisotopic (exact) mass is 796 g/mol. The van der Waals surface area contributed by atoms with E-state index in [0.29, 0.717) is 6.42 Å². The number of ether oxygens (including phenoxy) is 5. The summed E-state index contributed by atoms with van der Waals surface area (Å²) in [5.74, 6) is -0.214. The summed E-state index contributed by atoms with van der Waals surface area (Å²) in [6, 6.07) is 0. The number of carbonyl (C=O) groups excluding carboxylic acids is 2. The van der Waals surface area contributed by atoms with E-state index in [1.54, 1.807) is 6.08 Å². The summed E-state index contributed by atoms with van der Waals surface area (Å²) in [5.41, 5.74) is -0.432. The third-order valence-corrected chi connectivity index (χ3v) is 15.8. The van der Waals surface area contributed by atoms with Gasteiger partial charge in [0.05, 0.1) is 37.9 Å². The minimum absolute atomic E-state index is 0.00571. The first-order chi connectivity index (χ1) is 26.1. The maximum Gasteiger partial charge on any atom is 0.306 e. The number of cyclic esters (lactones) is 1. The van der Waals surface area contributed by atoms with Gasteiger partial charge in [-0.05, 0) is 93.3 Å². The highest BCUT2D eigenvalue weighted by atomic mass is 16.7. The normalized spacial score (nSPS) is 48.7. The van der Waals surface area contributed by atoms with Gasteiger partial charge in [0.2, 0.25) is 0 Å². The molecule has 0 amide bonds. The van der Waals surface area contributed by atoms with Crippen molar-refractivity contribution >= 4 is 11.8 Å². The van der Waals surface area contributed by atoms with E-state index >= 15 is 0 Å². The number of ketones is 1. The molecule has 56 heavy (non-hydrogen) atoms. The van der Waals surface area contributed by atoms with Crippen molar-refractivity contribution in [2.75, 3.05) is 13.2 Å². The third kappa shape index (κ3) is 7.45. The molecule has 3 aliphatic heterocycles. The van der Waals surface area contributed by atoms with E-state index in [-0.39, 0.29) is 78.4 Å². The van der Waals surface area contributed by atoms with Crippen LogP contribution in [0.3, 0.4) is 0 Å². The van der Waals surface area contributed by atoms with Crippen molar-refractivity contribution in [1.29, 1.82) is 0 Å². The van der Waals surface area contributed by atoms with Gasteiger partial charge in [-0.25, -0.2) is 0 Å². The van der Waals surface area contributed by atoms with E-state index in [1.165, 1.54) is 6.92 Å². The first kappa shape index (κ1) is 44.0. The van der Waals surface area contributed by atoms with Crippen LogP contribution >= 0.6 is 0 Å². The molecular weight excluding hydrogens is 728 g/mol. The molecule has 14 heteroatoms. The quantitative estimate of drug-likeness (QED) is 0.0957. The zero-order valence-electron chi connectivity index (χ0n) is 34.4. The van der Waals surface area contributed by atoms with Crippen LogP contribution in [0.25, 0.3) is 0 Å². The lowest BCUT2D eigenvalue weighted by atomic mass is 9.34. The van der Waals surface area contributed by atoms with Gasteiger partial charge in [-0.1, -0.05) is 46.3 Å². The number of esters is 1. The fraction of sp³-hybridized carbons (Fsp3) is 0.905. The molecule has 0 aromatic heterocycles. The second-order valence-electron chi connectivity index (χ2n) is 19.5. The molecule has 3 saturated heterocycles. The van der Waals surface area contributed by atoms with Crippen LogP contribution < -0.4 is 0 Å². The molecule has 14 nitrogen and oxygen atoms in total. The summed E-state index contributed by atoms with van der Waals surface area (Å²) < 4.78 is 29.6. The van der Waals surface area contributed by atoms with Gasteiger partial charge in [0.25, 0.3) is 0 Å². The van der Waals surface area contributed by atoms with Crippen molar-refractivity contribution in [2.45, 2.75) is 180 Å². The standard InChI is InChI=1S/C42H68O14/c1-20(2)15-23(43)16-25(44)21(3)24-9-10-28-40(7)13-12-29(39(5,6)27(40)11-14-41(28,8)42(24)17-30(45)53-19-42)56-38-36(51)34(49)32(47)26(55-38)18-52-37-35(50)33(48)31(46)22(4)54-37/h15,21-24,26-29,31-38,43,46-51H,9-14,16-19H2,1-8H3/t21-,22+,23+,24-,26+,27+,28-,29+,31+,32+,33-,34-,35+,36+,37+,38-,40+,41-,42+/m1/s1. The molecule has 7 N–H and O–H groups in total. The highest BCUT2D eigenvalue weighted by Gasteiger charge is 2.71. The molecule has 0 unspecified atom stereocenters. The Labute approximate surface area is 330 Å². The van der Waals surface area contributed by atoms with Crippen molar-refractivity contribution < 1.29 is 69.0 Å². The van der Waals surface area contributed by atoms with Crippen molar-refractivity contribution in [3.05, 3.63) is 11.6 Å². The number of hydrogen-bond donors (Lipinski definition) is 7. The number of allylic oxidation sites excluding steroid dienone is 1. The average Bonchev–Trinajstić information content (AvgIpc) is 3.52. The molecule has 6 rings (SSSR count). The second-order valence-corrected chi connectivity index (χ2v) is 19.5. The van der Waals surface area contributed by atoms with Gasteiger partial charge in [-0.15, -0.1) is 0 Å². The van der Waals surface area contributed by atoms with Gasteiger partial charge in [0.15, 0.2) is 12.6 Å². The predicted octanol–water partition coefficient (Wildman–Crippen LogP) is 2.15. The Morgan fingerprint density at radius 1 is 0.857 bits per heavy atom. The Kier molecular flexibility index (Phi) is 12.7. The predicted molar refractivity (Wildman–Crippen MR) is 200 cm³/mol. The molecule has 19 atom stereocenters. The maximum absolute atomic E-state index is 13.7. The lowest BCUT2D eigenvalue weighted by molar-refractivity contribution is -0.344. The number of aliphatic hydroxyl groups excluding tert-OH is 7. The van der Waals surface area contributed by atoms with E-state index < -0.39 is 78.3 Å². The smallest absolute Gasteiger partial charge is 0.306 e. The van der Waals surface area contributed by atoms with Crippen molar-refractivity contribution in [3.8, 4) is 0 Å². The summed E-state index contributed by atoms with van der Waals surface area (Å²) in [6.07, 6.45) is -8.21. The largest absolute Gasteiger partial charge is 0.465 e. The van der Waals surface area contributed by atoms with E-state index in [4.69, 9.17) is 23.7 Å². The number of Topliss-reactive ketones (excluding diaryl/α,β-unsaturated/α-hetero) is 1. The van der Waals surface area contributed by atoms with E-state index in [9.17, 15) is 45.3 Å². The number of carbonyl (C=O) groups is 2. The maximum atomic E-state index is 13.7. The van der Waals surface area contributed by atoms with Gasteiger partial charge in [0.1, 0.15) is 48.5 Å². The van der Waals surface area contributed by atoms with Crippen LogP contribution in [0.4, 0.5) is 0 Å². The van der Waals surface area contributed by atoms with Crippen LogP contribution in [0.1, 0.15) is 107 Å².